The Morgan fingerprint density at radius 3 is 2.50 bits per heavy atom. The quantitative estimate of drug-likeness (QED) is 0.839. The van der Waals surface area contributed by atoms with E-state index in [0.29, 0.717) is 11.6 Å². The average Bonchev–Trinajstić information content (AvgIpc) is 2.51. The molecule has 0 saturated carbocycles. The fourth-order valence-electron chi connectivity index (χ4n) is 0.949. The van der Waals surface area contributed by atoms with Crippen LogP contribution in [-0.4, -0.2) is 16.1 Å². The first-order valence-electron chi connectivity index (χ1n) is 4.55. The van der Waals surface area contributed by atoms with Gasteiger partial charge in [-0.05, 0) is 13.8 Å². The van der Waals surface area contributed by atoms with Gasteiger partial charge >= 0.3 is 5.97 Å². The summed E-state index contributed by atoms with van der Waals surface area (Å²) in [5.41, 5.74) is -0.234. The third-order valence-electron chi connectivity index (χ3n) is 2.19. The van der Waals surface area contributed by atoms with Gasteiger partial charge in [0.2, 0.25) is 0 Å². The number of rotatable bonds is 3. The summed E-state index contributed by atoms with van der Waals surface area (Å²) < 4.78 is 0. The van der Waals surface area contributed by atoms with Crippen molar-refractivity contribution in [2.45, 2.75) is 39.0 Å². The highest BCUT2D eigenvalue weighted by Crippen LogP contribution is 2.27. The van der Waals surface area contributed by atoms with Gasteiger partial charge in [-0.1, -0.05) is 13.8 Å². The number of carboxylic acid groups (broad SMARTS) is 1. The van der Waals surface area contributed by atoms with Gasteiger partial charge in [-0.15, -0.1) is 11.3 Å². The first kappa shape index (κ1) is 11.2. The van der Waals surface area contributed by atoms with Crippen LogP contribution in [0.5, 0.6) is 0 Å². The Morgan fingerprint density at radius 2 is 2.14 bits per heavy atom. The van der Waals surface area contributed by atoms with Crippen molar-refractivity contribution in [2.75, 3.05) is 0 Å². The van der Waals surface area contributed by atoms with Crippen molar-refractivity contribution in [1.82, 2.24) is 4.98 Å². The van der Waals surface area contributed by atoms with Crippen LogP contribution < -0.4 is 0 Å². The Hall–Kier alpha value is -0.900. The summed E-state index contributed by atoms with van der Waals surface area (Å²) in [5, 5.41) is 11.8. The van der Waals surface area contributed by atoms with Gasteiger partial charge in [-0.3, -0.25) is 4.79 Å². The van der Waals surface area contributed by atoms with Gasteiger partial charge in [0.1, 0.15) is 5.41 Å². The molecule has 0 aliphatic heterocycles. The molecule has 0 unspecified atom stereocenters. The minimum Gasteiger partial charge on any atom is -0.481 e. The van der Waals surface area contributed by atoms with Crippen LogP contribution in [0.2, 0.25) is 0 Å². The predicted octanol–water partition coefficient (Wildman–Crippen LogP) is 2.63. The van der Waals surface area contributed by atoms with Crippen molar-refractivity contribution in [3.63, 3.8) is 0 Å². The standard InChI is InChI=1S/C10H15NO2S/c1-6(2)8-11-7(5-14-8)10(3,4)9(12)13/h5-6H,1-4H3,(H,12,13). The topological polar surface area (TPSA) is 50.2 Å². The maximum absolute atomic E-state index is 11.0. The third kappa shape index (κ3) is 1.95. The van der Waals surface area contributed by atoms with Crippen LogP contribution in [0.1, 0.15) is 44.3 Å². The molecular weight excluding hydrogens is 198 g/mol. The molecule has 0 radical (unpaired) electrons. The summed E-state index contributed by atoms with van der Waals surface area (Å²) in [5.74, 6) is -0.476. The fraction of sp³-hybridized carbons (Fsp3) is 0.600. The SMILES string of the molecule is CC(C)c1nc(C(C)(C)C(=O)O)cs1. The lowest BCUT2D eigenvalue weighted by Crippen LogP contribution is -2.28. The molecule has 0 fully saturated rings. The summed E-state index contributed by atoms with van der Waals surface area (Å²) in [6, 6.07) is 0. The lowest BCUT2D eigenvalue weighted by molar-refractivity contribution is -0.142. The average molecular weight is 213 g/mol. The molecule has 1 heterocycles. The van der Waals surface area contributed by atoms with Gasteiger partial charge in [0.05, 0.1) is 10.7 Å². The zero-order valence-electron chi connectivity index (χ0n) is 8.87. The van der Waals surface area contributed by atoms with Gasteiger partial charge in [-0.2, -0.15) is 0 Å². The molecule has 0 bridgehead atoms. The van der Waals surface area contributed by atoms with Gasteiger partial charge in [-0.25, -0.2) is 4.98 Å². The van der Waals surface area contributed by atoms with E-state index in [2.05, 4.69) is 18.8 Å². The summed E-state index contributed by atoms with van der Waals surface area (Å²) in [4.78, 5) is 15.3. The summed E-state index contributed by atoms with van der Waals surface area (Å²) >= 11 is 1.53. The molecule has 0 aliphatic rings. The van der Waals surface area contributed by atoms with Crippen LogP contribution >= 0.6 is 11.3 Å². The van der Waals surface area contributed by atoms with Crippen molar-refractivity contribution in [3.8, 4) is 0 Å². The maximum atomic E-state index is 11.0. The molecule has 78 valence electrons. The highest BCUT2D eigenvalue weighted by molar-refractivity contribution is 7.09. The number of nitrogens with zero attached hydrogens (tertiary/aromatic N) is 1. The molecular formula is C10H15NO2S. The van der Waals surface area contributed by atoms with Crippen LogP contribution in [0.15, 0.2) is 5.38 Å². The van der Waals surface area contributed by atoms with Crippen molar-refractivity contribution >= 4 is 17.3 Å². The third-order valence-corrected chi connectivity index (χ3v) is 3.34. The molecule has 0 atom stereocenters. The minimum absolute atomic E-state index is 0.360. The van der Waals surface area contributed by atoms with Crippen LogP contribution in [-0.2, 0) is 10.2 Å². The van der Waals surface area contributed by atoms with Crippen LogP contribution in [0.4, 0.5) is 0 Å². The number of hydrogen-bond acceptors (Lipinski definition) is 3. The predicted molar refractivity (Wildman–Crippen MR) is 56.9 cm³/mol. The summed E-state index contributed by atoms with van der Waals surface area (Å²) in [6.07, 6.45) is 0. The first-order chi connectivity index (χ1) is 6.35. The van der Waals surface area contributed by atoms with E-state index in [1.807, 2.05) is 5.38 Å². The lowest BCUT2D eigenvalue weighted by atomic mass is 9.90. The number of carboxylic acids is 1. The lowest BCUT2D eigenvalue weighted by Gasteiger charge is -2.15. The van der Waals surface area contributed by atoms with Crippen molar-refractivity contribution < 1.29 is 9.90 Å². The molecule has 4 heteroatoms. The first-order valence-corrected chi connectivity index (χ1v) is 5.43. The van der Waals surface area contributed by atoms with Crippen LogP contribution in [0, 0.1) is 0 Å². The second-order valence-corrected chi connectivity index (χ2v) is 5.05. The van der Waals surface area contributed by atoms with E-state index in [4.69, 9.17) is 5.11 Å². The molecule has 0 aliphatic carbocycles. The second-order valence-electron chi connectivity index (χ2n) is 4.16. The van der Waals surface area contributed by atoms with Gasteiger partial charge in [0.25, 0.3) is 0 Å². The van der Waals surface area contributed by atoms with Gasteiger partial charge in [0.15, 0.2) is 0 Å². The summed E-state index contributed by atoms with van der Waals surface area (Å²) in [6.45, 7) is 7.45. The number of aliphatic carboxylic acids is 1. The summed E-state index contributed by atoms with van der Waals surface area (Å²) in [7, 11) is 0. The second kappa shape index (κ2) is 3.69. The molecule has 0 spiro atoms. The van der Waals surface area contributed by atoms with Crippen molar-refractivity contribution in [1.29, 1.82) is 0 Å². The molecule has 0 amide bonds. The Kier molecular flexibility index (Phi) is 2.95. The van der Waals surface area contributed by atoms with Crippen LogP contribution in [0.25, 0.3) is 0 Å². The number of hydrogen-bond donors (Lipinski definition) is 1. The molecule has 1 aromatic rings. The van der Waals surface area contributed by atoms with E-state index in [1.165, 1.54) is 11.3 Å². The highest BCUT2D eigenvalue weighted by atomic mass is 32.1. The van der Waals surface area contributed by atoms with Crippen LogP contribution in [0.3, 0.4) is 0 Å². The van der Waals surface area contributed by atoms with Crippen molar-refractivity contribution in [2.24, 2.45) is 0 Å². The molecule has 14 heavy (non-hydrogen) atoms. The Morgan fingerprint density at radius 1 is 1.57 bits per heavy atom. The highest BCUT2D eigenvalue weighted by Gasteiger charge is 2.32. The smallest absolute Gasteiger partial charge is 0.315 e. The molecule has 1 N–H and O–H groups in total. The Bertz CT molecular complexity index is 342. The van der Waals surface area contributed by atoms with E-state index < -0.39 is 11.4 Å². The van der Waals surface area contributed by atoms with E-state index in [1.54, 1.807) is 13.8 Å². The molecule has 0 saturated heterocycles. The van der Waals surface area contributed by atoms with Crippen molar-refractivity contribution in [3.05, 3.63) is 16.1 Å². The van der Waals surface area contributed by atoms with E-state index in [-0.39, 0.29) is 0 Å². The fourth-order valence-corrected chi connectivity index (χ4v) is 1.95. The van der Waals surface area contributed by atoms with Gasteiger partial charge in [0, 0.05) is 11.3 Å². The van der Waals surface area contributed by atoms with E-state index in [9.17, 15) is 4.79 Å². The zero-order valence-corrected chi connectivity index (χ0v) is 9.68. The minimum atomic E-state index is -0.885. The van der Waals surface area contributed by atoms with E-state index in [0.717, 1.165) is 5.01 Å². The molecule has 3 nitrogen and oxygen atoms in total. The normalized spacial score (nSPS) is 12.1. The largest absolute Gasteiger partial charge is 0.481 e. The zero-order chi connectivity index (χ0) is 10.9. The Balaban J connectivity index is 3.03. The molecule has 1 aromatic heterocycles. The molecule has 1 rings (SSSR count). The maximum Gasteiger partial charge on any atom is 0.315 e. The monoisotopic (exact) mass is 213 g/mol. The number of aromatic nitrogens is 1. The number of thiazole rings is 1. The van der Waals surface area contributed by atoms with Gasteiger partial charge < -0.3 is 5.11 Å². The molecule has 0 aromatic carbocycles. The number of carbonyl (C=O) groups is 1. The Labute approximate surface area is 87.8 Å². The van der Waals surface area contributed by atoms with E-state index >= 15 is 0 Å².